The maximum Gasteiger partial charge on any atom is 0.0979 e. The molecule has 0 radical (unpaired) electrons. The summed E-state index contributed by atoms with van der Waals surface area (Å²) in [6.07, 6.45) is 2.76. The minimum Gasteiger partial charge on any atom is -0.379 e. The van der Waals surface area contributed by atoms with Crippen molar-refractivity contribution in [2.75, 3.05) is 46.2 Å². The van der Waals surface area contributed by atoms with E-state index in [1.807, 2.05) is 6.92 Å². The predicted octanol–water partition coefficient (Wildman–Crippen LogP) is 2.22. The topological polar surface area (TPSA) is 49.0 Å². The van der Waals surface area contributed by atoms with E-state index < -0.39 is 0 Å². The summed E-state index contributed by atoms with van der Waals surface area (Å²) in [4.78, 5) is 5.07. The average molecular weight is 326 g/mol. The van der Waals surface area contributed by atoms with Gasteiger partial charge in [-0.2, -0.15) is 0 Å². The van der Waals surface area contributed by atoms with Crippen LogP contribution in [-0.4, -0.2) is 46.2 Å². The molecule has 0 amide bonds. The Morgan fingerprint density at radius 2 is 1.44 bits per heavy atom. The lowest BCUT2D eigenvalue weighted by molar-refractivity contribution is -0.0147. The summed E-state index contributed by atoms with van der Waals surface area (Å²) in [6, 6.07) is 0. The SMILES string of the molecule is CCCOCCOCCOCCON/C=C(\C)Br. The molecular weight excluding hydrogens is 302 g/mol. The summed E-state index contributed by atoms with van der Waals surface area (Å²) in [5.41, 5.74) is 2.68. The number of allylic oxidation sites excluding steroid dienone is 1. The molecule has 0 aromatic heterocycles. The summed E-state index contributed by atoms with van der Waals surface area (Å²) < 4.78 is 16.9. The quantitative estimate of drug-likeness (QED) is 0.415. The number of halogens is 1. The van der Waals surface area contributed by atoms with Crippen LogP contribution in [0.3, 0.4) is 0 Å². The minimum atomic E-state index is 0.496. The van der Waals surface area contributed by atoms with Gasteiger partial charge in [0.2, 0.25) is 0 Å². The molecule has 0 aliphatic rings. The monoisotopic (exact) mass is 325 g/mol. The van der Waals surface area contributed by atoms with Crippen molar-refractivity contribution in [1.29, 1.82) is 0 Å². The maximum atomic E-state index is 5.32. The standard InChI is InChI=1S/C12H24BrNO4/c1-3-4-15-5-6-16-7-8-17-9-10-18-14-11-12(2)13/h11,14H,3-10H2,1-2H3/b12-11+. The second-order valence-electron chi connectivity index (χ2n) is 3.53. The Kier molecular flexibility index (Phi) is 14.8. The molecule has 0 fully saturated rings. The van der Waals surface area contributed by atoms with Crippen molar-refractivity contribution in [2.24, 2.45) is 0 Å². The number of ether oxygens (including phenoxy) is 3. The molecule has 0 aromatic carbocycles. The third-order valence-corrected chi connectivity index (χ3v) is 1.99. The molecule has 18 heavy (non-hydrogen) atoms. The third kappa shape index (κ3) is 15.9. The van der Waals surface area contributed by atoms with Crippen molar-refractivity contribution >= 4 is 15.9 Å². The average Bonchev–Trinajstić information content (AvgIpc) is 2.34. The molecule has 0 aromatic rings. The van der Waals surface area contributed by atoms with E-state index in [1.54, 1.807) is 6.20 Å². The maximum absolute atomic E-state index is 5.32. The highest BCUT2D eigenvalue weighted by Crippen LogP contribution is 1.98. The van der Waals surface area contributed by atoms with Crippen LogP contribution in [0.25, 0.3) is 0 Å². The van der Waals surface area contributed by atoms with Gasteiger partial charge in [-0.1, -0.05) is 22.9 Å². The van der Waals surface area contributed by atoms with Gasteiger partial charge in [0.1, 0.15) is 0 Å². The van der Waals surface area contributed by atoms with Crippen LogP contribution in [0, 0.1) is 0 Å². The molecule has 108 valence electrons. The summed E-state index contributed by atoms with van der Waals surface area (Å²) in [5.74, 6) is 0. The first kappa shape index (κ1) is 17.9. The van der Waals surface area contributed by atoms with Crippen molar-refractivity contribution in [1.82, 2.24) is 5.48 Å². The number of hydrogen-bond acceptors (Lipinski definition) is 5. The molecule has 0 heterocycles. The molecule has 5 nitrogen and oxygen atoms in total. The first-order chi connectivity index (χ1) is 8.77. The van der Waals surface area contributed by atoms with Crippen LogP contribution in [0.2, 0.25) is 0 Å². The zero-order valence-electron chi connectivity index (χ0n) is 11.2. The molecule has 0 atom stereocenters. The first-order valence-corrected chi connectivity index (χ1v) is 6.99. The fourth-order valence-electron chi connectivity index (χ4n) is 0.969. The molecule has 0 rings (SSSR count). The van der Waals surface area contributed by atoms with Gasteiger partial charge in [-0.05, 0) is 13.3 Å². The van der Waals surface area contributed by atoms with Crippen LogP contribution in [0.15, 0.2) is 10.7 Å². The van der Waals surface area contributed by atoms with E-state index in [0.717, 1.165) is 17.5 Å². The van der Waals surface area contributed by atoms with Crippen molar-refractivity contribution in [3.05, 3.63) is 10.7 Å². The van der Waals surface area contributed by atoms with Gasteiger partial charge >= 0.3 is 0 Å². The molecule has 0 bridgehead atoms. The van der Waals surface area contributed by atoms with Crippen LogP contribution in [0.5, 0.6) is 0 Å². The van der Waals surface area contributed by atoms with Gasteiger partial charge in [0.25, 0.3) is 0 Å². The molecule has 1 N–H and O–H groups in total. The summed E-state index contributed by atoms with van der Waals surface area (Å²) in [7, 11) is 0. The van der Waals surface area contributed by atoms with Crippen LogP contribution in [-0.2, 0) is 19.0 Å². The molecule has 0 unspecified atom stereocenters. The molecule has 0 aliphatic heterocycles. The molecule has 0 saturated heterocycles. The summed E-state index contributed by atoms with van der Waals surface area (Å²) >= 11 is 3.27. The normalized spacial score (nSPS) is 11.8. The lowest BCUT2D eigenvalue weighted by Gasteiger charge is -2.06. The van der Waals surface area contributed by atoms with Crippen LogP contribution in [0.4, 0.5) is 0 Å². The largest absolute Gasteiger partial charge is 0.379 e. The van der Waals surface area contributed by atoms with Gasteiger partial charge < -0.3 is 14.2 Å². The predicted molar refractivity (Wildman–Crippen MR) is 74.5 cm³/mol. The Bertz CT molecular complexity index is 199. The highest BCUT2D eigenvalue weighted by Gasteiger charge is 1.91. The van der Waals surface area contributed by atoms with Gasteiger partial charge in [-0.3, -0.25) is 10.3 Å². The van der Waals surface area contributed by atoms with Gasteiger partial charge in [0.15, 0.2) is 0 Å². The molecule has 0 saturated carbocycles. The zero-order valence-corrected chi connectivity index (χ0v) is 12.8. The Hall–Kier alpha value is -0.140. The zero-order chi connectivity index (χ0) is 13.5. The Morgan fingerprint density at radius 1 is 0.944 bits per heavy atom. The van der Waals surface area contributed by atoms with Gasteiger partial charge in [0, 0.05) is 17.3 Å². The summed E-state index contributed by atoms with van der Waals surface area (Å²) in [6.45, 7) is 8.26. The Balaban J connectivity index is 2.97. The van der Waals surface area contributed by atoms with E-state index in [-0.39, 0.29) is 0 Å². The Labute approximate surface area is 118 Å². The second kappa shape index (κ2) is 14.9. The van der Waals surface area contributed by atoms with Gasteiger partial charge in [0.05, 0.1) is 39.6 Å². The lowest BCUT2D eigenvalue weighted by Crippen LogP contribution is -2.15. The van der Waals surface area contributed by atoms with Crippen LogP contribution < -0.4 is 5.48 Å². The third-order valence-electron chi connectivity index (χ3n) is 1.76. The fourth-order valence-corrected chi connectivity index (χ4v) is 1.06. The van der Waals surface area contributed by atoms with E-state index in [9.17, 15) is 0 Å². The highest BCUT2D eigenvalue weighted by atomic mass is 79.9. The van der Waals surface area contributed by atoms with Crippen molar-refractivity contribution in [3.8, 4) is 0 Å². The van der Waals surface area contributed by atoms with E-state index in [4.69, 9.17) is 19.0 Å². The van der Waals surface area contributed by atoms with E-state index >= 15 is 0 Å². The van der Waals surface area contributed by atoms with Gasteiger partial charge in [-0.25, -0.2) is 0 Å². The van der Waals surface area contributed by atoms with Gasteiger partial charge in [-0.15, -0.1) is 0 Å². The van der Waals surface area contributed by atoms with Crippen molar-refractivity contribution in [2.45, 2.75) is 20.3 Å². The van der Waals surface area contributed by atoms with E-state index in [0.29, 0.717) is 39.6 Å². The van der Waals surface area contributed by atoms with Crippen molar-refractivity contribution < 1.29 is 19.0 Å². The number of hydrogen-bond donors (Lipinski definition) is 1. The number of hydroxylamine groups is 1. The molecule has 0 aliphatic carbocycles. The van der Waals surface area contributed by atoms with Crippen LogP contribution >= 0.6 is 15.9 Å². The molecular formula is C12H24BrNO4. The smallest absolute Gasteiger partial charge is 0.0979 e. The summed E-state index contributed by atoms with van der Waals surface area (Å²) in [5, 5.41) is 0. The number of nitrogens with one attached hydrogen (secondary N) is 1. The molecule has 6 heteroatoms. The second-order valence-corrected chi connectivity index (χ2v) is 4.79. The highest BCUT2D eigenvalue weighted by molar-refractivity contribution is 9.11. The van der Waals surface area contributed by atoms with E-state index in [1.165, 1.54) is 0 Å². The molecule has 0 spiro atoms. The van der Waals surface area contributed by atoms with Crippen molar-refractivity contribution in [3.63, 3.8) is 0 Å². The minimum absolute atomic E-state index is 0.496. The van der Waals surface area contributed by atoms with E-state index in [2.05, 4.69) is 28.3 Å². The Morgan fingerprint density at radius 3 is 1.94 bits per heavy atom. The lowest BCUT2D eigenvalue weighted by atomic mass is 10.5. The van der Waals surface area contributed by atoms with Crippen LogP contribution in [0.1, 0.15) is 20.3 Å². The number of rotatable bonds is 13. The fraction of sp³-hybridized carbons (Fsp3) is 0.833. The first-order valence-electron chi connectivity index (χ1n) is 6.20.